The Morgan fingerprint density at radius 1 is 1.44 bits per heavy atom. The second-order valence-corrected chi connectivity index (χ2v) is 6.71. The minimum atomic E-state index is 0.257. The molecule has 1 N–H and O–H groups in total. The van der Waals surface area contributed by atoms with Crippen LogP contribution >= 0.6 is 11.8 Å². The molecule has 1 rings (SSSR count). The zero-order valence-electron chi connectivity index (χ0n) is 10.8. The van der Waals surface area contributed by atoms with Gasteiger partial charge in [0.1, 0.15) is 0 Å². The second-order valence-electron chi connectivity index (χ2n) is 5.57. The van der Waals surface area contributed by atoms with E-state index in [1.165, 1.54) is 19.3 Å². The fraction of sp³-hybridized carbons (Fsp3) is 0.923. The highest BCUT2D eigenvalue weighted by atomic mass is 32.2. The quantitative estimate of drug-likeness (QED) is 0.774. The predicted octanol–water partition coefficient (Wildman–Crippen LogP) is 3.19. The van der Waals surface area contributed by atoms with Gasteiger partial charge >= 0.3 is 0 Å². The molecule has 2 atom stereocenters. The maximum absolute atomic E-state index is 8.60. The molecule has 0 aromatic carbocycles. The van der Waals surface area contributed by atoms with Gasteiger partial charge < -0.3 is 5.32 Å². The van der Waals surface area contributed by atoms with E-state index in [1.807, 2.05) is 11.8 Å². The number of nitriles is 1. The maximum atomic E-state index is 8.60. The minimum Gasteiger partial charge on any atom is -0.313 e. The van der Waals surface area contributed by atoms with Crippen LogP contribution in [0.3, 0.4) is 0 Å². The molecule has 0 heterocycles. The van der Waals surface area contributed by atoms with Crippen LogP contribution in [0.15, 0.2) is 0 Å². The minimum absolute atomic E-state index is 0.257. The fourth-order valence-electron chi connectivity index (χ4n) is 2.24. The van der Waals surface area contributed by atoms with Gasteiger partial charge in [-0.1, -0.05) is 13.8 Å². The SMILES string of the molecule is CS[C@H]1CC[C@H](NCC(C)(C)CCC#N)C1. The predicted molar refractivity (Wildman–Crippen MR) is 71.6 cm³/mol. The van der Waals surface area contributed by atoms with Gasteiger partial charge in [-0.2, -0.15) is 17.0 Å². The van der Waals surface area contributed by atoms with Gasteiger partial charge in [-0.3, -0.25) is 0 Å². The highest BCUT2D eigenvalue weighted by Gasteiger charge is 2.25. The molecule has 1 aliphatic carbocycles. The lowest BCUT2D eigenvalue weighted by molar-refractivity contribution is 0.300. The van der Waals surface area contributed by atoms with Crippen LogP contribution in [0.2, 0.25) is 0 Å². The van der Waals surface area contributed by atoms with Gasteiger partial charge in [0.15, 0.2) is 0 Å². The molecule has 0 amide bonds. The molecule has 0 bridgehead atoms. The third-order valence-corrected chi connectivity index (χ3v) is 4.60. The smallest absolute Gasteiger partial charge is 0.0621 e. The molecule has 0 aromatic rings. The first kappa shape index (κ1) is 13.9. The van der Waals surface area contributed by atoms with Crippen LogP contribution in [0.4, 0.5) is 0 Å². The molecule has 1 saturated carbocycles. The molecule has 0 aromatic heterocycles. The summed E-state index contributed by atoms with van der Waals surface area (Å²) in [6.07, 6.45) is 7.87. The van der Waals surface area contributed by atoms with Crippen molar-refractivity contribution < 1.29 is 0 Å². The van der Waals surface area contributed by atoms with E-state index in [-0.39, 0.29) is 5.41 Å². The van der Waals surface area contributed by atoms with Crippen LogP contribution in [0, 0.1) is 16.7 Å². The monoisotopic (exact) mass is 240 g/mol. The molecule has 1 aliphatic rings. The number of thioether (sulfide) groups is 1. The van der Waals surface area contributed by atoms with Crippen molar-refractivity contribution in [1.82, 2.24) is 5.32 Å². The first-order valence-corrected chi connectivity index (χ1v) is 7.49. The largest absolute Gasteiger partial charge is 0.313 e. The van der Waals surface area contributed by atoms with Gasteiger partial charge in [0.25, 0.3) is 0 Å². The van der Waals surface area contributed by atoms with E-state index in [1.54, 1.807) is 0 Å². The Hall–Kier alpha value is -0.200. The number of nitrogens with zero attached hydrogens (tertiary/aromatic N) is 1. The first-order chi connectivity index (χ1) is 7.57. The number of nitrogens with one attached hydrogen (secondary N) is 1. The van der Waals surface area contributed by atoms with Crippen LogP contribution in [-0.2, 0) is 0 Å². The Balaban J connectivity index is 2.21. The van der Waals surface area contributed by atoms with Crippen LogP contribution < -0.4 is 5.32 Å². The van der Waals surface area contributed by atoms with E-state index in [0.717, 1.165) is 18.2 Å². The summed E-state index contributed by atoms with van der Waals surface area (Å²) < 4.78 is 0. The summed E-state index contributed by atoms with van der Waals surface area (Å²) in [5.74, 6) is 0. The van der Waals surface area contributed by atoms with Crippen molar-refractivity contribution >= 4 is 11.8 Å². The summed E-state index contributed by atoms with van der Waals surface area (Å²) in [4.78, 5) is 0. The lowest BCUT2D eigenvalue weighted by Crippen LogP contribution is -2.35. The normalized spacial score (nSPS) is 25.6. The zero-order chi connectivity index (χ0) is 12.0. The average Bonchev–Trinajstić information content (AvgIpc) is 2.72. The Bertz CT molecular complexity index is 245. The Labute approximate surface area is 104 Å². The number of rotatable bonds is 6. The van der Waals surface area contributed by atoms with Crippen molar-refractivity contribution in [2.45, 2.75) is 57.2 Å². The molecule has 0 saturated heterocycles. The second kappa shape index (κ2) is 6.51. The maximum Gasteiger partial charge on any atom is 0.0621 e. The van der Waals surface area contributed by atoms with Crippen LogP contribution in [0.25, 0.3) is 0 Å². The van der Waals surface area contributed by atoms with Gasteiger partial charge in [-0.15, -0.1) is 0 Å². The van der Waals surface area contributed by atoms with Crippen LogP contribution in [-0.4, -0.2) is 24.1 Å². The first-order valence-electron chi connectivity index (χ1n) is 6.20. The highest BCUT2D eigenvalue weighted by molar-refractivity contribution is 7.99. The molecule has 0 radical (unpaired) electrons. The zero-order valence-corrected chi connectivity index (χ0v) is 11.6. The lowest BCUT2D eigenvalue weighted by Gasteiger charge is -2.26. The number of hydrogen-bond donors (Lipinski definition) is 1. The Kier molecular flexibility index (Phi) is 5.64. The van der Waals surface area contributed by atoms with Crippen molar-refractivity contribution in [3.63, 3.8) is 0 Å². The van der Waals surface area contributed by atoms with Crippen LogP contribution in [0.1, 0.15) is 46.0 Å². The molecule has 0 unspecified atom stereocenters. The fourth-order valence-corrected chi connectivity index (χ4v) is 3.04. The lowest BCUT2D eigenvalue weighted by atomic mass is 9.87. The summed E-state index contributed by atoms with van der Waals surface area (Å²) >= 11 is 2.00. The third kappa shape index (κ3) is 4.76. The molecule has 0 aliphatic heterocycles. The summed E-state index contributed by atoms with van der Waals surface area (Å²) in [6, 6.07) is 2.94. The average molecular weight is 240 g/mol. The van der Waals surface area contributed by atoms with Crippen molar-refractivity contribution in [1.29, 1.82) is 5.26 Å². The molecular weight excluding hydrogens is 216 g/mol. The van der Waals surface area contributed by atoms with Crippen molar-refractivity contribution in [3.8, 4) is 6.07 Å². The van der Waals surface area contributed by atoms with Gasteiger partial charge in [-0.05, 0) is 37.4 Å². The standard InChI is InChI=1S/C13H24N2S/c1-13(2,7-4-8-14)10-15-11-5-6-12(9-11)16-3/h11-12,15H,4-7,9-10H2,1-3H3/t11-,12-/m0/s1. The summed E-state index contributed by atoms with van der Waals surface area (Å²) in [5, 5.41) is 13.1. The molecule has 3 heteroatoms. The van der Waals surface area contributed by atoms with E-state index in [2.05, 4.69) is 31.5 Å². The van der Waals surface area contributed by atoms with Crippen molar-refractivity contribution in [3.05, 3.63) is 0 Å². The van der Waals surface area contributed by atoms with Gasteiger partial charge in [0.2, 0.25) is 0 Å². The van der Waals surface area contributed by atoms with Crippen molar-refractivity contribution in [2.75, 3.05) is 12.8 Å². The Morgan fingerprint density at radius 2 is 2.19 bits per heavy atom. The number of hydrogen-bond acceptors (Lipinski definition) is 3. The van der Waals surface area contributed by atoms with Gasteiger partial charge in [0.05, 0.1) is 6.07 Å². The van der Waals surface area contributed by atoms with Crippen molar-refractivity contribution in [2.24, 2.45) is 5.41 Å². The third-order valence-electron chi connectivity index (χ3n) is 3.50. The van der Waals surface area contributed by atoms with E-state index < -0.39 is 0 Å². The summed E-state index contributed by atoms with van der Waals surface area (Å²) in [6.45, 7) is 5.54. The van der Waals surface area contributed by atoms with E-state index >= 15 is 0 Å². The van der Waals surface area contributed by atoms with Gasteiger partial charge in [-0.25, -0.2) is 0 Å². The molecule has 2 nitrogen and oxygen atoms in total. The van der Waals surface area contributed by atoms with Gasteiger partial charge in [0, 0.05) is 24.3 Å². The Morgan fingerprint density at radius 3 is 2.75 bits per heavy atom. The molecular formula is C13H24N2S. The highest BCUT2D eigenvalue weighted by Crippen LogP contribution is 2.29. The van der Waals surface area contributed by atoms with E-state index in [9.17, 15) is 0 Å². The van der Waals surface area contributed by atoms with E-state index in [4.69, 9.17) is 5.26 Å². The topological polar surface area (TPSA) is 35.8 Å². The summed E-state index contributed by atoms with van der Waals surface area (Å²) in [5.41, 5.74) is 0.257. The molecule has 1 fully saturated rings. The molecule has 92 valence electrons. The molecule has 16 heavy (non-hydrogen) atoms. The van der Waals surface area contributed by atoms with Crippen LogP contribution in [0.5, 0.6) is 0 Å². The summed E-state index contributed by atoms with van der Waals surface area (Å²) in [7, 11) is 0. The molecule has 0 spiro atoms. The van der Waals surface area contributed by atoms with E-state index in [0.29, 0.717) is 12.5 Å².